The number of hydrogen-bond acceptors (Lipinski definition) is 2. The van der Waals surface area contributed by atoms with Crippen molar-refractivity contribution in [1.82, 2.24) is 0 Å². The zero-order valence-corrected chi connectivity index (χ0v) is 12.7. The van der Waals surface area contributed by atoms with Gasteiger partial charge < -0.3 is 5.11 Å². The third kappa shape index (κ3) is 4.33. The van der Waals surface area contributed by atoms with Crippen molar-refractivity contribution in [3.8, 4) is 0 Å². The van der Waals surface area contributed by atoms with Gasteiger partial charge in [-0.25, -0.2) is 0 Å². The Morgan fingerprint density at radius 3 is 2.55 bits per heavy atom. The van der Waals surface area contributed by atoms with Crippen molar-refractivity contribution in [2.45, 2.75) is 25.1 Å². The Morgan fingerprint density at radius 1 is 1.20 bits per heavy atom. The summed E-state index contributed by atoms with van der Waals surface area (Å²) in [5.41, 5.74) is -0.191. The van der Waals surface area contributed by atoms with Crippen LogP contribution in [0.1, 0.15) is 16.0 Å². The maximum absolute atomic E-state index is 12.6. The fourth-order valence-corrected chi connectivity index (χ4v) is 3.44. The maximum atomic E-state index is 12.6. The molecule has 1 nitrogen and oxygen atoms in total. The number of aliphatic hydroxyl groups excluding tert-OH is 1. The standard InChI is InChI=1S/C14H12BrF3OS/c15-11-6-13(20-8-11)7-12(19)5-9-2-1-3-10(4-9)14(16,17)18/h1-4,6,8,12,19H,5,7H2. The van der Waals surface area contributed by atoms with Crippen molar-refractivity contribution in [2.24, 2.45) is 0 Å². The molecule has 0 radical (unpaired) electrons. The highest BCUT2D eigenvalue weighted by Crippen LogP contribution is 2.30. The topological polar surface area (TPSA) is 20.2 Å². The molecule has 0 saturated carbocycles. The van der Waals surface area contributed by atoms with Crippen molar-refractivity contribution >= 4 is 27.3 Å². The van der Waals surface area contributed by atoms with Crippen LogP contribution in [0, 0.1) is 0 Å². The molecule has 0 bridgehead atoms. The van der Waals surface area contributed by atoms with Crippen LogP contribution in [0.25, 0.3) is 0 Å². The lowest BCUT2D eigenvalue weighted by Gasteiger charge is -2.12. The molecule has 0 aliphatic carbocycles. The van der Waals surface area contributed by atoms with Gasteiger partial charge in [-0.1, -0.05) is 18.2 Å². The van der Waals surface area contributed by atoms with Crippen molar-refractivity contribution in [1.29, 1.82) is 0 Å². The molecule has 1 aromatic heterocycles. The molecule has 6 heteroatoms. The van der Waals surface area contributed by atoms with E-state index in [9.17, 15) is 18.3 Å². The minimum Gasteiger partial charge on any atom is -0.392 e. The number of alkyl halides is 3. The Morgan fingerprint density at radius 2 is 1.95 bits per heavy atom. The van der Waals surface area contributed by atoms with E-state index < -0.39 is 17.8 Å². The first-order valence-corrected chi connectivity index (χ1v) is 7.59. The number of halogens is 4. The molecule has 0 saturated heterocycles. The van der Waals surface area contributed by atoms with E-state index in [2.05, 4.69) is 15.9 Å². The molecule has 1 unspecified atom stereocenters. The lowest BCUT2D eigenvalue weighted by atomic mass is 10.0. The van der Waals surface area contributed by atoms with Gasteiger partial charge in [-0.15, -0.1) is 11.3 Å². The Kier molecular flexibility index (Phi) is 4.88. The van der Waals surface area contributed by atoms with Gasteiger partial charge in [0, 0.05) is 21.2 Å². The summed E-state index contributed by atoms with van der Waals surface area (Å²) < 4.78 is 38.7. The first kappa shape index (κ1) is 15.5. The van der Waals surface area contributed by atoms with Crippen molar-refractivity contribution in [3.63, 3.8) is 0 Å². The van der Waals surface area contributed by atoms with Crippen LogP contribution in [0.3, 0.4) is 0 Å². The van der Waals surface area contributed by atoms with Crippen molar-refractivity contribution < 1.29 is 18.3 Å². The summed E-state index contributed by atoms with van der Waals surface area (Å²) >= 11 is 4.83. The van der Waals surface area contributed by atoms with E-state index in [0.29, 0.717) is 12.0 Å². The molecule has 1 N–H and O–H groups in total. The van der Waals surface area contributed by atoms with E-state index in [1.54, 1.807) is 6.07 Å². The fourth-order valence-electron chi connectivity index (χ4n) is 1.91. The zero-order chi connectivity index (χ0) is 14.8. The molecule has 1 heterocycles. The van der Waals surface area contributed by atoms with E-state index in [1.165, 1.54) is 17.4 Å². The smallest absolute Gasteiger partial charge is 0.392 e. The van der Waals surface area contributed by atoms with Gasteiger partial charge in [-0.05, 0) is 40.0 Å². The van der Waals surface area contributed by atoms with Crippen LogP contribution in [-0.4, -0.2) is 11.2 Å². The average Bonchev–Trinajstić information content (AvgIpc) is 2.73. The van der Waals surface area contributed by atoms with Crippen LogP contribution in [0.2, 0.25) is 0 Å². The summed E-state index contributed by atoms with van der Waals surface area (Å²) in [6.45, 7) is 0. The Labute approximate surface area is 127 Å². The van der Waals surface area contributed by atoms with E-state index >= 15 is 0 Å². The molecular weight excluding hydrogens is 353 g/mol. The summed E-state index contributed by atoms with van der Waals surface area (Å²) in [5.74, 6) is 0. The van der Waals surface area contributed by atoms with Gasteiger partial charge in [0.05, 0.1) is 11.7 Å². The average molecular weight is 365 g/mol. The van der Waals surface area contributed by atoms with Crippen LogP contribution in [0.15, 0.2) is 40.2 Å². The van der Waals surface area contributed by atoms with Gasteiger partial charge >= 0.3 is 6.18 Å². The molecule has 0 spiro atoms. The summed E-state index contributed by atoms with van der Waals surface area (Å²) in [5, 5.41) is 11.9. The summed E-state index contributed by atoms with van der Waals surface area (Å²) in [6.07, 6.45) is -4.39. The molecule has 108 valence electrons. The maximum Gasteiger partial charge on any atom is 0.416 e. The number of benzene rings is 1. The fraction of sp³-hybridized carbons (Fsp3) is 0.286. The van der Waals surface area contributed by atoms with Gasteiger partial charge in [0.25, 0.3) is 0 Å². The van der Waals surface area contributed by atoms with Crippen LogP contribution in [0.4, 0.5) is 13.2 Å². The first-order chi connectivity index (χ1) is 9.34. The molecule has 0 aliphatic heterocycles. The molecule has 0 fully saturated rings. The zero-order valence-electron chi connectivity index (χ0n) is 10.3. The predicted molar refractivity (Wildman–Crippen MR) is 76.9 cm³/mol. The molecular formula is C14H12BrF3OS. The van der Waals surface area contributed by atoms with E-state index in [1.807, 2.05) is 11.4 Å². The number of rotatable bonds is 4. The van der Waals surface area contributed by atoms with Crippen LogP contribution < -0.4 is 0 Å². The van der Waals surface area contributed by atoms with Gasteiger partial charge in [0.15, 0.2) is 0 Å². The minimum atomic E-state index is -4.35. The molecule has 0 amide bonds. The summed E-state index contributed by atoms with van der Waals surface area (Å²) in [4.78, 5) is 0.997. The molecule has 1 aromatic carbocycles. The van der Waals surface area contributed by atoms with Gasteiger partial charge in [0.2, 0.25) is 0 Å². The monoisotopic (exact) mass is 364 g/mol. The molecule has 2 aromatic rings. The van der Waals surface area contributed by atoms with Gasteiger partial charge in [-0.3, -0.25) is 0 Å². The summed E-state index contributed by atoms with van der Waals surface area (Å²) in [7, 11) is 0. The second-order valence-electron chi connectivity index (χ2n) is 4.49. The Hall–Kier alpha value is -0.850. The predicted octanol–water partition coefficient (Wildman–Crippen LogP) is 4.68. The number of thiophene rings is 1. The third-order valence-electron chi connectivity index (χ3n) is 2.78. The molecule has 2 rings (SSSR count). The van der Waals surface area contributed by atoms with E-state index in [0.717, 1.165) is 21.5 Å². The summed E-state index contributed by atoms with van der Waals surface area (Å²) in [6, 6.07) is 7.00. The largest absolute Gasteiger partial charge is 0.416 e. The third-order valence-corrected chi connectivity index (χ3v) is 4.50. The highest BCUT2D eigenvalue weighted by Gasteiger charge is 2.30. The van der Waals surface area contributed by atoms with Crippen molar-refractivity contribution in [2.75, 3.05) is 0 Å². The van der Waals surface area contributed by atoms with E-state index in [4.69, 9.17) is 0 Å². The van der Waals surface area contributed by atoms with Crippen LogP contribution in [-0.2, 0) is 19.0 Å². The highest BCUT2D eigenvalue weighted by molar-refractivity contribution is 9.10. The molecule has 20 heavy (non-hydrogen) atoms. The first-order valence-electron chi connectivity index (χ1n) is 5.91. The highest BCUT2D eigenvalue weighted by atomic mass is 79.9. The SMILES string of the molecule is OC(Cc1cccc(C(F)(F)F)c1)Cc1cc(Br)cs1. The normalized spacial score (nSPS) is 13.4. The lowest BCUT2D eigenvalue weighted by Crippen LogP contribution is -2.14. The van der Waals surface area contributed by atoms with Crippen LogP contribution in [0.5, 0.6) is 0 Å². The lowest BCUT2D eigenvalue weighted by molar-refractivity contribution is -0.137. The van der Waals surface area contributed by atoms with Gasteiger partial charge in [-0.2, -0.15) is 13.2 Å². The minimum absolute atomic E-state index is 0.208. The molecule has 0 aliphatic rings. The number of hydrogen-bond donors (Lipinski definition) is 1. The number of aliphatic hydroxyl groups is 1. The Balaban J connectivity index is 2.02. The van der Waals surface area contributed by atoms with Crippen molar-refractivity contribution in [3.05, 3.63) is 56.2 Å². The molecule has 1 atom stereocenters. The second-order valence-corrected chi connectivity index (χ2v) is 6.40. The second kappa shape index (κ2) is 6.28. The van der Waals surface area contributed by atoms with E-state index in [-0.39, 0.29) is 6.42 Å². The van der Waals surface area contributed by atoms with Gasteiger partial charge in [0.1, 0.15) is 0 Å². The Bertz CT molecular complexity index is 580. The van der Waals surface area contributed by atoms with Crippen LogP contribution >= 0.6 is 27.3 Å². The quantitative estimate of drug-likeness (QED) is 0.835.